The van der Waals surface area contributed by atoms with Crippen LogP contribution in [-0.4, -0.2) is 17.9 Å². The van der Waals surface area contributed by atoms with Gasteiger partial charge in [-0.25, -0.2) is 4.79 Å². The summed E-state index contributed by atoms with van der Waals surface area (Å²) in [6, 6.07) is 8.48. The summed E-state index contributed by atoms with van der Waals surface area (Å²) in [4.78, 5) is 23.0. The number of rotatable bonds is 5. The highest BCUT2D eigenvalue weighted by molar-refractivity contribution is 5.91. The van der Waals surface area contributed by atoms with Gasteiger partial charge in [0.15, 0.2) is 0 Å². The first-order chi connectivity index (χ1) is 12.5. The standard InChI is InChI=1S/C21H26N2O4/c1-13-9-16(21(3,4)5)10-14(2)17(13)12-27-20(24)15-7-8-18(22-6)19(11-15)23(25)26/h7-11,22H,12H2,1-6H3. The van der Waals surface area contributed by atoms with E-state index in [4.69, 9.17) is 4.74 Å². The van der Waals surface area contributed by atoms with E-state index in [-0.39, 0.29) is 23.3 Å². The normalized spacial score (nSPS) is 11.2. The van der Waals surface area contributed by atoms with Gasteiger partial charge in [-0.05, 0) is 53.6 Å². The van der Waals surface area contributed by atoms with Crippen LogP contribution in [0.25, 0.3) is 0 Å². The Morgan fingerprint density at radius 3 is 2.22 bits per heavy atom. The minimum absolute atomic E-state index is 0.0404. The summed E-state index contributed by atoms with van der Waals surface area (Å²) in [6.07, 6.45) is 0. The number of nitrogens with one attached hydrogen (secondary N) is 1. The third kappa shape index (κ3) is 4.64. The van der Waals surface area contributed by atoms with Crippen molar-refractivity contribution in [2.45, 2.75) is 46.6 Å². The second kappa shape index (κ2) is 7.78. The SMILES string of the molecule is CNc1ccc(C(=O)OCc2c(C)cc(C(C)(C)C)cc2C)cc1[N+](=O)[O-]. The van der Waals surface area contributed by atoms with Gasteiger partial charge < -0.3 is 10.1 Å². The van der Waals surface area contributed by atoms with Crippen LogP contribution >= 0.6 is 0 Å². The maximum absolute atomic E-state index is 12.4. The molecular weight excluding hydrogens is 344 g/mol. The van der Waals surface area contributed by atoms with Gasteiger partial charge in [0.25, 0.3) is 5.69 Å². The number of aryl methyl sites for hydroxylation is 2. The first-order valence-corrected chi connectivity index (χ1v) is 8.78. The van der Waals surface area contributed by atoms with Crippen molar-refractivity contribution in [3.05, 3.63) is 68.3 Å². The second-order valence-corrected chi connectivity index (χ2v) is 7.65. The molecular formula is C21H26N2O4. The lowest BCUT2D eigenvalue weighted by molar-refractivity contribution is -0.384. The number of carbonyl (C=O) groups is 1. The number of nitrogens with zero attached hydrogens (tertiary/aromatic N) is 1. The summed E-state index contributed by atoms with van der Waals surface area (Å²) < 4.78 is 5.43. The van der Waals surface area contributed by atoms with E-state index in [1.807, 2.05) is 13.8 Å². The third-order valence-corrected chi connectivity index (χ3v) is 4.61. The highest BCUT2D eigenvalue weighted by Crippen LogP contribution is 2.28. The van der Waals surface area contributed by atoms with Crippen LogP contribution in [0.3, 0.4) is 0 Å². The number of nitro groups is 1. The molecule has 0 spiro atoms. The fourth-order valence-electron chi connectivity index (χ4n) is 2.90. The van der Waals surface area contributed by atoms with E-state index in [0.717, 1.165) is 16.7 Å². The molecule has 0 amide bonds. The molecule has 2 aromatic carbocycles. The van der Waals surface area contributed by atoms with Crippen molar-refractivity contribution in [3.8, 4) is 0 Å². The predicted molar refractivity (Wildman–Crippen MR) is 106 cm³/mol. The molecule has 6 heteroatoms. The fraction of sp³-hybridized carbons (Fsp3) is 0.381. The number of carbonyl (C=O) groups excluding carboxylic acids is 1. The van der Waals surface area contributed by atoms with Crippen LogP contribution < -0.4 is 5.32 Å². The Hall–Kier alpha value is -2.89. The molecule has 2 aromatic rings. The van der Waals surface area contributed by atoms with E-state index in [0.29, 0.717) is 5.69 Å². The fourth-order valence-corrected chi connectivity index (χ4v) is 2.90. The molecule has 0 saturated carbocycles. The molecule has 0 radical (unpaired) electrons. The van der Waals surface area contributed by atoms with Crippen LogP contribution in [0.4, 0.5) is 11.4 Å². The highest BCUT2D eigenvalue weighted by Gasteiger charge is 2.19. The minimum Gasteiger partial charge on any atom is -0.457 e. The molecule has 0 unspecified atom stereocenters. The molecule has 27 heavy (non-hydrogen) atoms. The molecule has 0 aromatic heterocycles. The maximum Gasteiger partial charge on any atom is 0.338 e. The van der Waals surface area contributed by atoms with Crippen molar-refractivity contribution >= 4 is 17.3 Å². The summed E-state index contributed by atoms with van der Waals surface area (Å²) >= 11 is 0. The van der Waals surface area contributed by atoms with E-state index < -0.39 is 10.9 Å². The summed E-state index contributed by atoms with van der Waals surface area (Å²) in [5, 5.41) is 13.9. The van der Waals surface area contributed by atoms with Crippen LogP contribution in [0, 0.1) is 24.0 Å². The first-order valence-electron chi connectivity index (χ1n) is 8.78. The number of hydrogen-bond acceptors (Lipinski definition) is 5. The molecule has 6 nitrogen and oxygen atoms in total. The van der Waals surface area contributed by atoms with E-state index in [9.17, 15) is 14.9 Å². The van der Waals surface area contributed by atoms with Crippen molar-refractivity contribution in [1.82, 2.24) is 0 Å². The van der Waals surface area contributed by atoms with Crippen LogP contribution in [0.5, 0.6) is 0 Å². The maximum atomic E-state index is 12.4. The van der Waals surface area contributed by atoms with Gasteiger partial charge in [0.2, 0.25) is 0 Å². The quantitative estimate of drug-likeness (QED) is 0.459. The first kappa shape index (κ1) is 20.4. The van der Waals surface area contributed by atoms with Crippen molar-refractivity contribution in [2.24, 2.45) is 0 Å². The number of hydrogen-bond donors (Lipinski definition) is 1. The van der Waals surface area contributed by atoms with E-state index in [1.54, 1.807) is 7.05 Å². The molecule has 2 rings (SSSR count). The van der Waals surface area contributed by atoms with Gasteiger partial charge >= 0.3 is 5.97 Å². The third-order valence-electron chi connectivity index (χ3n) is 4.61. The van der Waals surface area contributed by atoms with Gasteiger partial charge in [-0.1, -0.05) is 32.9 Å². The molecule has 0 aliphatic carbocycles. The van der Waals surface area contributed by atoms with Gasteiger partial charge in [-0.15, -0.1) is 0 Å². The Morgan fingerprint density at radius 1 is 1.15 bits per heavy atom. The van der Waals surface area contributed by atoms with Crippen molar-refractivity contribution in [3.63, 3.8) is 0 Å². The Kier molecular flexibility index (Phi) is 5.88. The average molecular weight is 370 g/mol. The Morgan fingerprint density at radius 2 is 1.74 bits per heavy atom. The minimum atomic E-state index is -0.584. The second-order valence-electron chi connectivity index (χ2n) is 7.65. The van der Waals surface area contributed by atoms with Gasteiger partial charge in [-0.2, -0.15) is 0 Å². The average Bonchev–Trinajstić information content (AvgIpc) is 2.59. The number of benzene rings is 2. The predicted octanol–water partition coefficient (Wildman–Crippen LogP) is 4.91. The number of ether oxygens (including phenoxy) is 1. The van der Waals surface area contributed by atoms with Gasteiger partial charge in [0.05, 0.1) is 10.5 Å². The highest BCUT2D eigenvalue weighted by atomic mass is 16.6. The van der Waals surface area contributed by atoms with E-state index in [2.05, 4.69) is 38.2 Å². The molecule has 1 N–H and O–H groups in total. The van der Waals surface area contributed by atoms with Crippen LogP contribution in [-0.2, 0) is 16.8 Å². The van der Waals surface area contributed by atoms with Gasteiger partial charge in [-0.3, -0.25) is 10.1 Å². The molecule has 144 valence electrons. The largest absolute Gasteiger partial charge is 0.457 e. The molecule has 0 fully saturated rings. The summed E-state index contributed by atoms with van der Waals surface area (Å²) in [7, 11) is 1.59. The Bertz CT molecular complexity index is 859. The monoisotopic (exact) mass is 370 g/mol. The summed E-state index contributed by atoms with van der Waals surface area (Å²) in [5.74, 6) is -0.584. The van der Waals surface area contributed by atoms with Crippen LogP contribution in [0.1, 0.15) is 53.4 Å². The lowest BCUT2D eigenvalue weighted by atomic mass is 9.84. The van der Waals surface area contributed by atoms with Crippen LogP contribution in [0.15, 0.2) is 30.3 Å². The lowest BCUT2D eigenvalue weighted by Gasteiger charge is -2.22. The summed E-state index contributed by atoms with van der Waals surface area (Å²) in [5.41, 5.74) is 4.69. The topological polar surface area (TPSA) is 81.5 Å². The molecule has 0 bridgehead atoms. The van der Waals surface area contributed by atoms with E-state index in [1.165, 1.54) is 23.8 Å². The van der Waals surface area contributed by atoms with Crippen molar-refractivity contribution in [2.75, 3.05) is 12.4 Å². The number of nitro benzene ring substituents is 1. The smallest absolute Gasteiger partial charge is 0.338 e. The lowest BCUT2D eigenvalue weighted by Crippen LogP contribution is -2.13. The summed E-state index contributed by atoms with van der Waals surface area (Å²) in [6.45, 7) is 10.6. The van der Waals surface area contributed by atoms with E-state index >= 15 is 0 Å². The van der Waals surface area contributed by atoms with Crippen molar-refractivity contribution < 1.29 is 14.5 Å². The van der Waals surface area contributed by atoms with Crippen LogP contribution in [0.2, 0.25) is 0 Å². The van der Waals surface area contributed by atoms with Gasteiger partial charge in [0, 0.05) is 13.1 Å². The number of esters is 1. The van der Waals surface area contributed by atoms with Gasteiger partial charge in [0.1, 0.15) is 12.3 Å². The Balaban J connectivity index is 2.21. The molecule has 0 saturated heterocycles. The number of anilines is 1. The molecule has 0 aliphatic heterocycles. The van der Waals surface area contributed by atoms with Crippen molar-refractivity contribution in [1.29, 1.82) is 0 Å². The Labute approximate surface area is 159 Å². The zero-order chi connectivity index (χ0) is 20.4. The molecule has 0 heterocycles. The zero-order valence-corrected chi connectivity index (χ0v) is 16.7. The zero-order valence-electron chi connectivity index (χ0n) is 16.7. The molecule has 0 aliphatic rings. The molecule has 0 atom stereocenters.